The number of carbonyl (C=O) groups excluding carboxylic acids is 11. The lowest BCUT2D eigenvalue weighted by Gasteiger charge is -2.30. The Labute approximate surface area is 618 Å². The number of carboxylic acids is 1. The molecule has 0 radical (unpaired) electrons. The van der Waals surface area contributed by atoms with Gasteiger partial charge in [-0.1, -0.05) is 87.0 Å². The number of nitrogens with one attached hydrogen (secondary N) is 17. The van der Waals surface area contributed by atoms with Gasteiger partial charge in [0.1, 0.15) is 54.4 Å². The van der Waals surface area contributed by atoms with Crippen LogP contribution in [0.1, 0.15) is 114 Å². The lowest BCUT2D eigenvalue weighted by Crippen LogP contribution is -2.61. The van der Waals surface area contributed by atoms with Gasteiger partial charge >= 0.3 is 5.97 Å². The zero-order chi connectivity index (χ0) is 78.7. The summed E-state index contributed by atoms with van der Waals surface area (Å²) in [7, 11) is 0. The fourth-order valence-corrected chi connectivity index (χ4v) is 11.7. The number of benzene rings is 3. The number of amides is 11. The van der Waals surface area contributed by atoms with Gasteiger partial charge in [0.15, 0.2) is 17.9 Å². The van der Waals surface area contributed by atoms with E-state index in [1.54, 1.807) is 105 Å². The number of aromatic amines is 2. The van der Waals surface area contributed by atoms with Gasteiger partial charge in [-0.2, -0.15) is 0 Å². The van der Waals surface area contributed by atoms with E-state index in [-0.39, 0.29) is 109 Å². The lowest BCUT2D eigenvalue weighted by atomic mass is 9.96. The molecule has 0 spiro atoms. The average Bonchev–Trinajstić information content (AvgIpc) is 1.73. The normalized spacial score (nSPS) is 14.2. The van der Waals surface area contributed by atoms with E-state index in [0.717, 1.165) is 16.5 Å². The van der Waals surface area contributed by atoms with Gasteiger partial charge in [-0.15, -0.1) is 0 Å². The Morgan fingerprint density at radius 1 is 0.430 bits per heavy atom. The predicted molar refractivity (Wildman–Crippen MR) is 399 cm³/mol. The topological polar surface area (TPSA) is 655 Å². The molecule has 32 N–H and O–H groups in total. The number of aliphatic carboxylic acids is 1. The highest BCUT2D eigenvalue weighted by atomic mass is 16.4. The molecule has 107 heavy (non-hydrogen) atoms. The first kappa shape index (κ1) is 85.8. The average molecular weight is 1490 g/mol. The fourth-order valence-electron chi connectivity index (χ4n) is 11.7. The van der Waals surface area contributed by atoms with Crippen molar-refractivity contribution < 1.29 is 62.6 Å². The molecule has 0 fully saturated rings. The summed E-state index contributed by atoms with van der Waals surface area (Å²) in [5.41, 5.74) is 43.3. The summed E-state index contributed by atoms with van der Waals surface area (Å²) in [5.74, 6) is -13.9. The third-order valence-electron chi connectivity index (χ3n) is 17.7. The minimum atomic E-state index is -1.88. The van der Waals surface area contributed by atoms with E-state index in [2.05, 4.69) is 73.8 Å². The number of carboxylic acid groups (broad SMARTS) is 1. The largest absolute Gasteiger partial charge is 0.480 e. The van der Waals surface area contributed by atoms with Crippen molar-refractivity contribution in [3.63, 3.8) is 0 Å². The maximum absolute atomic E-state index is 14.8. The summed E-state index contributed by atoms with van der Waals surface area (Å²) >= 11 is 0. The number of rotatable bonds is 48. The van der Waals surface area contributed by atoms with Crippen molar-refractivity contribution in [2.24, 2.45) is 46.1 Å². The Balaban J connectivity index is 1.42. The quantitative estimate of drug-likeness (QED) is 0.0102. The summed E-state index contributed by atoms with van der Waals surface area (Å²) in [4.78, 5) is 175. The molecule has 11 amide bonds. The molecule has 0 saturated carbocycles. The Morgan fingerprint density at radius 2 is 0.804 bits per heavy atom. The number of aromatic nitrogens is 2. The van der Waals surface area contributed by atoms with E-state index in [1.165, 1.54) is 0 Å². The molecule has 582 valence electrons. The highest BCUT2D eigenvalue weighted by molar-refractivity contribution is 6.00. The zero-order valence-corrected chi connectivity index (χ0v) is 60.0. The van der Waals surface area contributed by atoms with E-state index in [0.29, 0.717) is 28.5 Å². The van der Waals surface area contributed by atoms with Crippen LogP contribution in [0.4, 0.5) is 0 Å². The van der Waals surface area contributed by atoms with Crippen molar-refractivity contribution in [1.29, 1.82) is 16.2 Å². The van der Waals surface area contributed by atoms with Crippen LogP contribution in [0.2, 0.25) is 0 Å². The van der Waals surface area contributed by atoms with Crippen molar-refractivity contribution >= 4 is 111 Å². The summed E-state index contributed by atoms with van der Waals surface area (Å²) in [6.07, 6.45) is 1.76. The fraction of sp³-hybridized carbons (Fsp3) is 0.471. The van der Waals surface area contributed by atoms with Crippen LogP contribution in [0.3, 0.4) is 0 Å². The minimum Gasteiger partial charge on any atom is -0.480 e. The van der Waals surface area contributed by atoms with Crippen molar-refractivity contribution in [2.75, 3.05) is 26.2 Å². The third kappa shape index (κ3) is 29.3. The molecule has 0 unspecified atom stereocenters. The van der Waals surface area contributed by atoms with Crippen LogP contribution in [0.15, 0.2) is 91.3 Å². The van der Waals surface area contributed by atoms with Gasteiger partial charge in [0.2, 0.25) is 65.0 Å². The van der Waals surface area contributed by atoms with Crippen LogP contribution in [0, 0.1) is 22.1 Å². The van der Waals surface area contributed by atoms with E-state index < -0.39 is 168 Å². The van der Waals surface area contributed by atoms with Gasteiger partial charge in [0.05, 0.1) is 12.5 Å². The van der Waals surface area contributed by atoms with Gasteiger partial charge in [0, 0.05) is 73.1 Å². The van der Waals surface area contributed by atoms with Crippen LogP contribution < -0.4 is 104 Å². The molecule has 0 aliphatic carbocycles. The second-order valence-corrected chi connectivity index (χ2v) is 26.0. The molecule has 3 aromatic carbocycles. The number of H-pyrrole nitrogens is 2. The number of fused-ring (bicyclic) bond motifs is 2. The SMILES string of the molecule is CC[C@H](C)[C@H](NC(=O)[C@H](CC(N)=O)NC(=O)[C@H](CCCNC(=N)N)NC(=O)[C@H](CCC(N)=O)NC(=O)[C@H](Cc1c[nH]c2ccccc12)NC(=O)[C@@H](N)Cc1ccccc1)C(=O)N[C@@H](CCCNC(=N)N)C(=O)N[C@@H](CCCCN)C(=O)N[C@@H](Cc1c[nH]c2ccccc12)C(=O)N[C@@H](CCCNC(=N)N)C(=O)O. The van der Waals surface area contributed by atoms with E-state index in [9.17, 15) is 62.6 Å². The highest BCUT2D eigenvalue weighted by Crippen LogP contribution is 2.22. The first-order valence-electron chi connectivity index (χ1n) is 35.3. The van der Waals surface area contributed by atoms with Crippen LogP contribution in [-0.4, -0.2) is 190 Å². The standard InChI is InChI=1S/C70H104N24O13/c1-3-38(2)57(66(105)89-49(24-14-30-82-69(77)78)59(98)86-47(22-11-12-28-71)60(99)92-53(34-41-37-85-46-21-10-8-19-43(41)46)64(103)90-51(67(106)107)25-15-31-83-70(79)80)94-65(104)54(35-56(74)96)93-61(100)48(23-13-29-81-68(75)76)87-62(101)50(26-27-55(73)95)88-63(102)52(33-40-36-84-45-20-9-7-18-42(40)45)91-58(97)44(72)32-39-16-5-4-6-17-39/h4-10,16-21,36-38,44,47-54,57,84-85H,3,11-15,22-35,71-72H2,1-2H3,(H2,73,95)(H2,74,96)(H,86,98)(H,87,101)(H,88,102)(H,89,105)(H,90,103)(H,91,97)(H,92,99)(H,93,100)(H,94,104)(H,106,107)(H4,75,76,81)(H4,77,78,82)(H4,79,80,83)/t38-,44-,47-,48-,49-,50-,51-,52-,53-,54-,57-/m0/s1. The van der Waals surface area contributed by atoms with Crippen LogP contribution in [0.25, 0.3) is 21.8 Å². The van der Waals surface area contributed by atoms with Crippen molar-refractivity contribution in [3.05, 3.63) is 108 Å². The molecule has 5 rings (SSSR count). The molecule has 11 atom stereocenters. The molecule has 0 aliphatic heterocycles. The number of hydrogen-bond donors (Lipinski definition) is 25. The molecular weight excluding hydrogens is 1380 g/mol. The Bertz CT molecular complexity index is 3890. The molecule has 0 aliphatic rings. The second-order valence-electron chi connectivity index (χ2n) is 26.0. The zero-order valence-electron chi connectivity index (χ0n) is 60.0. The number of nitrogens with two attached hydrogens (primary N) is 7. The van der Waals surface area contributed by atoms with Crippen LogP contribution in [-0.2, 0) is 76.8 Å². The molecule has 2 aromatic heterocycles. The Kier molecular flexibility index (Phi) is 35.3. The number of para-hydroxylation sites is 2. The van der Waals surface area contributed by atoms with Gasteiger partial charge in [-0.25, -0.2) is 4.79 Å². The monoisotopic (exact) mass is 1490 g/mol. The smallest absolute Gasteiger partial charge is 0.326 e. The molecule has 37 heteroatoms. The first-order chi connectivity index (χ1) is 51.0. The van der Waals surface area contributed by atoms with Gasteiger partial charge in [-0.3, -0.25) is 69.0 Å². The number of hydrogen-bond acceptors (Lipinski definition) is 17. The lowest BCUT2D eigenvalue weighted by molar-refractivity contribution is -0.142. The maximum Gasteiger partial charge on any atom is 0.326 e. The van der Waals surface area contributed by atoms with E-state index in [1.807, 2.05) is 0 Å². The summed E-state index contributed by atoms with van der Waals surface area (Å²) in [6, 6.07) is 8.13. The third-order valence-corrected chi connectivity index (χ3v) is 17.7. The highest BCUT2D eigenvalue weighted by Gasteiger charge is 2.38. The second kappa shape index (κ2) is 44.0. The number of guanidine groups is 3. The predicted octanol–water partition coefficient (Wildman–Crippen LogP) is -3.44. The van der Waals surface area contributed by atoms with Crippen LogP contribution in [0.5, 0.6) is 0 Å². The minimum absolute atomic E-state index is 0.00212. The van der Waals surface area contributed by atoms with Gasteiger partial charge in [0.25, 0.3) is 0 Å². The number of carbonyl (C=O) groups is 12. The Morgan fingerprint density at radius 3 is 1.23 bits per heavy atom. The van der Waals surface area contributed by atoms with Gasteiger partial charge in [-0.05, 0) is 112 Å². The van der Waals surface area contributed by atoms with E-state index >= 15 is 0 Å². The van der Waals surface area contributed by atoms with Crippen molar-refractivity contribution in [1.82, 2.24) is 73.8 Å². The molecule has 0 bridgehead atoms. The molecule has 2 heterocycles. The first-order valence-corrected chi connectivity index (χ1v) is 35.3. The number of unbranched alkanes of at least 4 members (excludes halogenated alkanes) is 1. The molecule has 37 nitrogen and oxygen atoms in total. The van der Waals surface area contributed by atoms with Gasteiger partial charge < -0.3 is 119 Å². The maximum atomic E-state index is 14.8. The van der Waals surface area contributed by atoms with E-state index in [4.69, 9.17) is 56.4 Å². The van der Waals surface area contributed by atoms with Crippen LogP contribution >= 0.6 is 0 Å². The molecule has 0 saturated heterocycles. The molecular formula is C70H104N24O13. The molecule has 5 aromatic rings. The Hall–Kier alpha value is -11.9. The summed E-state index contributed by atoms with van der Waals surface area (Å²) < 4.78 is 0. The summed E-state index contributed by atoms with van der Waals surface area (Å²) in [6.45, 7) is 3.55. The van der Waals surface area contributed by atoms with Crippen molar-refractivity contribution in [3.8, 4) is 0 Å². The van der Waals surface area contributed by atoms with Crippen molar-refractivity contribution in [2.45, 2.75) is 177 Å². The number of primary amides is 2. The summed E-state index contributed by atoms with van der Waals surface area (Å²) in [5, 5.41) is 65.7.